The number of carbonyl (C=O) groups is 2. The Kier molecular flexibility index (Phi) is 7.64. The lowest BCUT2D eigenvalue weighted by atomic mass is 10.0. The number of benzene rings is 2. The highest BCUT2D eigenvalue weighted by molar-refractivity contribution is 5.79. The van der Waals surface area contributed by atoms with Crippen LogP contribution < -0.4 is 0 Å². The van der Waals surface area contributed by atoms with Crippen LogP contribution in [0, 0.1) is 11.6 Å². The van der Waals surface area contributed by atoms with Gasteiger partial charge in [0.25, 0.3) is 0 Å². The standard InChI is InChI=1S/C21H19F2N3O.C2HF3O2/c22-16-6-4-14(5-7-16)12-20(27)26-10-8-18-19(9-11-26)24-25-21(18)15-2-1-3-17(23)13-15;3-2(4,5)1(6)7/h1-7,13H,8-12H2,(H,24,25);(H,6,7). The number of hydrogen-bond acceptors (Lipinski definition) is 3. The maximum Gasteiger partial charge on any atom is 0.490 e. The first kappa shape index (κ1) is 24.9. The Labute approximate surface area is 191 Å². The number of nitrogens with one attached hydrogen (secondary N) is 1. The van der Waals surface area contributed by atoms with Crippen molar-refractivity contribution >= 4 is 11.9 Å². The molecule has 1 aliphatic heterocycles. The average Bonchev–Trinajstić information content (AvgIpc) is 3.06. The Morgan fingerprint density at radius 2 is 1.65 bits per heavy atom. The second-order valence-electron chi connectivity index (χ2n) is 7.53. The van der Waals surface area contributed by atoms with Crippen LogP contribution in [0.5, 0.6) is 0 Å². The quantitative estimate of drug-likeness (QED) is 0.551. The lowest BCUT2D eigenvalue weighted by Gasteiger charge is -2.20. The summed E-state index contributed by atoms with van der Waals surface area (Å²) in [5, 5.41) is 14.5. The van der Waals surface area contributed by atoms with Crippen LogP contribution >= 0.6 is 0 Å². The van der Waals surface area contributed by atoms with Crippen molar-refractivity contribution in [1.29, 1.82) is 0 Å². The van der Waals surface area contributed by atoms with Crippen molar-refractivity contribution < 1.29 is 36.6 Å². The molecule has 1 amide bonds. The van der Waals surface area contributed by atoms with Crippen LogP contribution in [0.15, 0.2) is 48.5 Å². The summed E-state index contributed by atoms with van der Waals surface area (Å²) in [6.45, 7) is 1.17. The van der Waals surface area contributed by atoms with Gasteiger partial charge in [-0.2, -0.15) is 18.3 Å². The number of alkyl halides is 3. The minimum absolute atomic E-state index is 0.0204. The maximum atomic E-state index is 13.6. The Morgan fingerprint density at radius 1 is 1.00 bits per heavy atom. The number of amides is 1. The number of fused-ring (bicyclic) bond motifs is 1. The highest BCUT2D eigenvalue weighted by Crippen LogP contribution is 2.27. The van der Waals surface area contributed by atoms with Crippen LogP contribution in [-0.4, -0.2) is 51.3 Å². The molecule has 0 spiro atoms. The van der Waals surface area contributed by atoms with Gasteiger partial charge in [0.05, 0.1) is 12.1 Å². The topological polar surface area (TPSA) is 86.3 Å². The number of halogens is 5. The summed E-state index contributed by atoms with van der Waals surface area (Å²) in [6, 6.07) is 12.4. The van der Waals surface area contributed by atoms with Crippen LogP contribution in [0.4, 0.5) is 22.0 Å². The summed E-state index contributed by atoms with van der Waals surface area (Å²) in [5.41, 5.74) is 4.31. The molecule has 0 unspecified atom stereocenters. The van der Waals surface area contributed by atoms with E-state index in [0.29, 0.717) is 25.9 Å². The minimum atomic E-state index is -5.08. The molecule has 2 aromatic carbocycles. The summed E-state index contributed by atoms with van der Waals surface area (Å²) in [6.07, 6.45) is -3.50. The maximum absolute atomic E-state index is 13.6. The van der Waals surface area contributed by atoms with Crippen LogP contribution in [0.1, 0.15) is 16.8 Å². The molecule has 1 aliphatic rings. The van der Waals surface area contributed by atoms with Gasteiger partial charge in [-0.05, 0) is 36.2 Å². The fourth-order valence-corrected chi connectivity index (χ4v) is 3.50. The summed E-state index contributed by atoms with van der Waals surface area (Å²) in [4.78, 5) is 23.4. The van der Waals surface area contributed by atoms with E-state index in [9.17, 15) is 26.7 Å². The average molecular weight is 481 g/mol. The fraction of sp³-hybridized carbons (Fsp3) is 0.261. The molecule has 4 rings (SSSR count). The first-order valence-corrected chi connectivity index (χ1v) is 10.2. The van der Waals surface area contributed by atoms with E-state index < -0.39 is 12.1 Å². The van der Waals surface area contributed by atoms with Crippen molar-refractivity contribution in [3.05, 3.63) is 77.0 Å². The van der Waals surface area contributed by atoms with Crippen molar-refractivity contribution in [1.82, 2.24) is 15.1 Å². The van der Waals surface area contributed by atoms with E-state index in [-0.39, 0.29) is 24.0 Å². The zero-order chi connectivity index (χ0) is 24.9. The van der Waals surface area contributed by atoms with E-state index in [1.54, 1.807) is 18.2 Å². The molecule has 34 heavy (non-hydrogen) atoms. The lowest BCUT2D eigenvalue weighted by molar-refractivity contribution is -0.192. The molecule has 0 saturated carbocycles. The molecule has 180 valence electrons. The molecule has 0 fully saturated rings. The third kappa shape index (κ3) is 6.40. The molecule has 0 saturated heterocycles. The molecule has 2 N–H and O–H groups in total. The predicted octanol–water partition coefficient (Wildman–Crippen LogP) is 4.16. The van der Waals surface area contributed by atoms with Crippen molar-refractivity contribution in [3.8, 4) is 11.3 Å². The monoisotopic (exact) mass is 481 g/mol. The highest BCUT2D eigenvalue weighted by Gasteiger charge is 2.38. The zero-order valence-electron chi connectivity index (χ0n) is 17.7. The molecule has 11 heteroatoms. The van der Waals surface area contributed by atoms with E-state index in [1.165, 1.54) is 24.3 Å². The zero-order valence-corrected chi connectivity index (χ0v) is 17.7. The number of hydrogen-bond donors (Lipinski definition) is 2. The van der Waals surface area contributed by atoms with E-state index in [2.05, 4.69) is 10.2 Å². The fourth-order valence-electron chi connectivity index (χ4n) is 3.50. The first-order chi connectivity index (χ1) is 16.0. The number of rotatable bonds is 3. The van der Waals surface area contributed by atoms with Gasteiger partial charge in [0, 0.05) is 36.3 Å². The van der Waals surface area contributed by atoms with E-state index in [4.69, 9.17) is 9.90 Å². The number of carboxylic acids is 1. The van der Waals surface area contributed by atoms with Crippen molar-refractivity contribution in [2.75, 3.05) is 13.1 Å². The second-order valence-corrected chi connectivity index (χ2v) is 7.53. The van der Waals surface area contributed by atoms with Crippen molar-refractivity contribution in [3.63, 3.8) is 0 Å². The van der Waals surface area contributed by atoms with E-state index >= 15 is 0 Å². The normalized spacial score (nSPS) is 13.4. The molecule has 0 aliphatic carbocycles. The van der Waals surface area contributed by atoms with Crippen LogP contribution in [-0.2, 0) is 28.9 Å². The number of aliphatic carboxylic acids is 1. The molecule has 0 bridgehead atoms. The summed E-state index contributed by atoms with van der Waals surface area (Å²) < 4.78 is 58.3. The number of carbonyl (C=O) groups excluding carboxylic acids is 1. The number of carboxylic acid groups (broad SMARTS) is 1. The van der Waals surface area contributed by atoms with Gasteiger partial charge >= 0.3 is 12.1 Å². The van der Waals surface area contributed by atoms with E-state index in [1.807, 2.05) is 11.0 Å². The van der Waals surface area contributed by atoms with Gasteiger partial charge in [0.1, 0.15) is 11.6 Å². The Balaban J connectivity index is 0.000000406. The van der Waals surface area contributed by atoms with Crippen LogP contribution in [0.2, 0.25) is 0 Å². The molecule has 0 atom stereocenters. The smallest absolute Gasteiger partial charge is 0.475 e. The van der Waals surface area contributed by atoms with E-state index in [0.717, 1.165) is 28.1 Å². The minimum Gasteiger partial charge on any atom is -0.475 e. The second kappa shape index (κ2) is 10.4. The molecule has 0 radical (unpaired) electrons. The summed E-state index contributed by atoms with van der Waals surface area (Å²) >= 11 is 0. The van der Waals surface area contributed by atoms with Gasteiger partial charge in [0.15, 0.2) is 0 Å². The van der Waals surface area contributed by atoms with Crippen molar-refractivity contribution in [2.45, 2.75) is 25.4 Å². The number of aromatic amines is 1. The third-order valence-electron chi connectivity index (χ3n) is 5.18. The SMILES string of the molecule is O=C(Cc1ccc(F)cc1)N1CCc2[nH]nc(-c3cccc(F)c3)c2CC1.O=C(O)C(F)(F)F. The van der Waals surface area contributed by atoms with Gasteiger partial charge in [-0.25, -0.2) is 13.6 Å². The Morgan fingerprint density at radius 3 is 2.26 bits per heavy atom. The number of aromatic nitrogens is 2. The van der Waals surface area contributed by atoms with Gasteiger partial charge in [-0.3, -0.25) is 9.89 Å². The molecule has 3 aromatic rings. The lowest BCUT2D eigenvalue weighted by Crippen LogP contribution is -2.34. The van der Waals surface area contributed by atoms with Gasteiger partial charge < -0.3 is 10.0 Å². The van der Waals surface area contributed by atoms with Gasteiger partial charge in [-0.1, -0.05) is 24.3 Å². The predicted molar refractivity (Wildman–Crippen MR) is 112 cm³/mol. The number of H-pyrrole nitrogens is 1. The first-order valence-electron chi connectivity index (χ1n) is 10.2. The summed E-state index contributed by atoms with van der Waals surface area (Å²) in [7, 11) is 0. The highest BCUT2D eigenvalue weighted by atomic mass is 19.4. The molecule has 2 heterocycles. The molecule has 6 nitrogen and oxygen atoms in total. The van der Waals surface area contributed by atoms with Gasteiger partial charge in [-0.15, -0.1) is 0 Å². The van der Waals surface area contributed by atoms with Crippen molar-refractivity contribution in [2.24, 2.45) is 0 Å². The number of nitrogens with zero attached hydrogens (tertiary/aromatic N) is 2. The summed E-state index contributed by atoms with van der Waals surface area (Å²) in [5.74, 6) is -3.34. The molecular weight excluding hydrogens is 461 g/mol. The Bertz CT molecular complexity index is 1160. The van der Waals surface area contributed by atoms with Crippen LogP contribution in [0.25, 0.3) is 11.3 Å². The largest absolute Gasteiger partial charge is 0.490 e. The third-order valence-corrected chi connectivity index (χ3v) is 5.18. The van der Waals surface area contributed by atoms with Gasteiger partial charge in [0.2, 0.25) is 5.91 Å². The molecular formula is C23H20F5N3O3. The Hall–Kier alpha value is -3.76. The molecule has 1 aromatic heterocycles. The van der Waals surface area contributed by atoms with Crippen LogP contribution in [0.3, 0.4) is 0 Å².